The molecule has 0 atom stereocenters. The van der Waals surface area contributed by atoms with E-state index in [1.54, 1.807) is 12.5 Å². The number of carbonyl (C=O) groups excluding carboxylic acids is 2. The maximum absolute atomic E-state index is 13.8. The van der Waals surface area contributed by atoms with Gasteiger partial charge >= 0.3 is 0 Å². The van der Waals surface area contributed by atoms with Crippen molar-refractivity contribution in [1.82, 2.24) is 0 Å². The van der Waals surface area contributed by atoms with Crippen molar-refractivity contribution in [3.63, 3.8) is 0 Å². The summed E-state index contributed by atoms with van der Waals surface area (Å²) in [5.41, 5.74) is 4.62. The molecule has 0 bridgehead atoms. The Hall–Kier alpha value is -4.38. The van der Waals surface area contributed by atoms with Crippen LogP contribution in [0.3, 0.4) is 0 Å². The van der Waals surface area contributed by atoms with Gasteiger partial charge in [-0.15, -0.1) is 0 Å². The lowest BCUT2D eigenvalue weighted by molar-refractivity contribution is -0.114. The zero-order chi connectivity index (χ0) is 34.7. The Morgan fingerprint density at radius 3 is 0.979 bits per heavy atom. The molecule has 3 heterocycles. The number of hydrogen-bond donors (Lipinski definition) is 0. The highest BCUT2D eigenvalue weighted by Gasteiger charge is 2.37. The fraction of sp³-hybridized carbons (Fsp3) is 0.381. The summed E-state index contributed by atoms with van der Waals surface area (Å²) < 4.78 is 18.8. The smallest absolute Gasteiger partial charge is 0.186 e. The van der Waals surface area contributed by atoms with Gasteiger partial charge in [0.2, 0.25) is 0 Å². The molecule has 0 amide bonds. The normalized spacial score (nSPS) is 16.6. The molecule has 0 spiro atoms. The molecule has 2 aliphatic rings. The third-order valence-electron chi connectivity index (χ3n) is 8.62. The van der Waals surface area contributed by atoms with Crippen LogP contribution in [-0.4, -0.2) is 11.6 Å². The maximum Gasteiger partial charge on any atom is 0.186 e. The Kier molecular flexibility index (Phi) is 8.45. The molecular formula is C42H48O5. The molecule has 3 aromatic heterocycles. The molecule has 5 heteroatoms. The molecule has 0 N–H and O–H groups in total. The Labute approximate surface area is 279 Å². The fourth-order valence-corrected chi connectivity index (χ4v) is 6.03. The highest BCUT2D eigenvalue weighted by molar-refractivity contribution is 6.13. The predicted octanol–water partition coefficient (Wildman–Crippen LogP) is 11.1. The average molecular weight is 633 g/mol. The molecule has 0 saturated heterocycles. The number of carbonyl (C=O) groups is 2. The molecule has 0 aliphatic heterocycles. The summed E-state index contributed by atoms with van der Waals surface area (Å²) >= 11 is 0. The zero-order valence-corrected chi connectivity index (χ0v) is 30.0. The van der Waals surface area contributed by atoms with Crippen molar-refractivity contribution < 1.29 is 22.8 Å². The van der Waals surface area contributed by atoms with E-state index in [-0.39, 0.29) is 33.2 Å². The average Bonchev–Trinajstić information content (AvgIpc) is 3.72. The van der Waals surface area contributed by atoms with Crippen molar-refractivity contribution in [2.24, 2.45) is 21.7 Å². The molecule has 0 unspecified atom stereocenters. The van der Waals surface area contributed by atoms with Crippen LogP contribution in [0.2, 0.25) is 0 Å². The first-order valence-electron chi connectivity index (χ1n) is 16.3. The Bertz CT molecular complexity index is 1680. The molecular weight excluding hydrogens is 584 g/mol. The lowest BCUT2D eigenvalue weighted by Gasteiger charge is -2.31. The standard InChI is InChI=1S/C42H48O5/c1-39(2,3)27-21-25(22-28(37(27)43)40(4,5)6)35(31-15-13-19-45-31)33-17-18-34(47-33)36(32-16-14-20-46-32)26-23-29(41(7,8)9)38(44)30(24-26)42(10,11)12/h13-24H,1-12H3. The molecule has 47 heavy (non-hydrogen) atoms. The number of hydrogen-bond acceptors (Lipinski definition) is 5. The van der Waals surface area contributed by atoms with Crippen molar-refractivity contribution in [2.45, 2.75) is 83.1 Å². The maximum atomic E-state index is 13.8. The van der Waals surface area contributed by atoms with Crippen LogP contribution in [0.1, 0.15) is 106 Å². The van der Waals surface area contributed by atoms with Crippen LogP contribution in [0.25, 0.3) is 11.1 Å². The van der Waals surface area contributed by atoms with E-state index < -0.39 is 0 Å². The highest BCUT2D eigenvalue weighted by atomic mass is 16.4. The van der Waals surface area contributed by atoms with Gasteiger partial charge in [0.25, 0.3) is 0 Å². The molecule has 0 fully saturated rings. The second kappa shape index (κ2) is 11.7. The van der Waals surface area contributed by atoms with Crippen molar-refractivity contribution in [2.75, 3.05) is 0 Å². The van der Waals surface area contributed by atoms with E-state index in [1.165, 1.54) is 0 Å². The Morgan fingerprint density at radius 1 is 0.447 bits per heavy atom. The van der Waals surface area contributed by atoms with E-state index in [0.29, 0.717) is 23.0 Å². The Morgan fingerprint density at radius 2 is 0.745 bits per heavy atom. The van der Waals surface area contributed by atoms with Gasteiger partial charge in [-0.25, -0.2) is 0 Å². The van der Waals surface area contributed by atoms with E-state index in [1.807, 2.05) is 60.7 Å². The van der Waals surface area contributed by atoms with Gasteiger partial charge in [0.1, 0.15) is 23.0 Å². The van der Waals surface area contributed by atoms with Gasteiger partial charge in [-0.05, 0) is 93.5 Å². The Balaban J connectivity index is 1.82. The monoisotopic (exact) mass is 632 g/mol. The van der Waals surface area contributed by atoms with Crippen LogP contribution in [0.4, 0.5) is 0 Å². The summed E-state index contributed by atoms with van der Waals surface area (Å²) in [4.78, 5) is 27.5. The summed E-state index contributed by atoms with van der Waals surface area (Å²) in [7, 11) is 0. The van der Waals surface area contributed by atoms with Gasteiger partial charge in [0, 0.05) is 22.3 Å². The topological polar surface area (TPSA) is 73.6 Å². The predicted molar refractivity (Wildman–Crippen MR) is 188 cm³/mol. The number of ketones is 2. The van der Waals surface area contributed by atoms with Crippen LogP contribution < -0.4 is 0 Å². The van der Waals surface area contributed by atoms with Crippen molar-refractivity contribution in [3.8, 4) is 0 Å². The molecule has 3 aromatic rings. The number of furan rings is 3. The first-order valence-corrected chi connectivity index (χ1v) is 16.3. The van der Waals surface area contributed by atoms with E-state index in [0.717, 1.165) is 44.6 Å². The quantitative estimate of drug-likeness (QED) is 0.286. The molecule has 0 radical (unpaired) electrons. The summed E-state index contributed by atoms with van der Waals surface area (Å²) in [6.07, 6.45) is 11.2. The van der Waals surface area contributed by atoms with Crippen molar-refractivity contribution >= 4 is 22.7 Å². The van der Waals surface area contributed by atoms with Gasteiger partial charge in [0.15, 0.2) is 11.6 Å². The molecule has 246 valence electrons. The third kappa shape index (κ3) is 6.72. The molecule has 0 saturated carbocycles. The number of rotatable bonds is 4. The lowest BCUT2D eigenvalue weighted by atomic mass is 9.71. The van der Waals surface area contributed by atoms with Crippen LogP contribution in [0.15, 0.2) is 120 Å². The summed E-state index contributed by atoms with van der Waals surface area (Å²) in [6, 6.07) is 11.4. The minimum Gasteiger partial charge on any atom is -0.464 e. The van der Waals surface area contributed by atoms with E-state index in [2.05, 4.69) is 83.1 Å². The van der Waals surface area contributed by atoms with Crippen molar-refractivity contribution in [3.05, 3.63) is 130 Å². The van der Waals surface area contributed by atoms with Crippen LogP contribution >= 0.6 is 0 Å². The summed E-state index contributed by atoms with van der Waals surface area (Å²) in [5, 5.41) is 0. The van der Waals surface area contributed by atoms with Gasteiger partial charge in [0.05, 0.1) is 23.7 Å². The largest absolute Gasteiger partial charge is 0.464 e. The zero-order valence-electron chi connectivity index (χ0n) is 30.0. The molecule has 2 aliphatic carbocycles. The first-order chi connectivity index (χ1) is 21.7. The number of Topliss-reactive ketones (excluding diaryl/α,β-unsaturated/α-hetero) is 2. The molecule has 5 nitrogen and oxygen atoms in total. The van der Waals surface area contributed by atoms with E-state index in [9.17, 15) is 9.59 Å². The highest BCUT2D eigenvalue weighted by Crippen LogP contribution is 2.45. The van der Waals surface area contributed by atoms with Crippen LogP contribution in [0.5, 0.6) is 0 Å². The minimum absolute atomic E-state index is 0.0623. The fourth-order valence-electron chi connectivity index (χ4n) is 6.03. The van der Waals surface area contributed by atoms with Gasteiger partial charge in [-0.1, -0.05) is 83.1 Å². The van der Waals surface area contributed by atoms with Gasteiger partial charge < -0.3 is 13.3 Å². The van der Waals surface area contributed by atoms with E-state index in [4.69, 9.17) is 13.3 Å². The van der Waals surface area contributed by atoms with Crippen LogP contribution in [-0.2, 0) is 9.59 Å². The second-order valence-corrected chi connectivity index (χ2v) is 16.7. The first kappa shape index (κ1) is 34.0. The second-order valence-electron chi connectivity index (χ2n) is 16.7. The SMILES string of the molecule is CC(C)(C)C1=CC(=C(c2ccco2)c2ccc(C(=C3C=C(C(C)(C)C)C(=O)C(C(C)(C)C)=C3)c3ccco3)o2)C=C(C(C)(C)C)C1=O. The third-order valence-corrected chi connectivity index (χ3v) is 8.62. The van der Waals surface area contributed by atoms with Crippen molar-refractivity contribution in [1.29, 1.82) is 0 Å². The lowest BCUT2D eigenvalue weighted by Crippen LogP contribution is -2.28. The van der Waals surface area contributed by atoms with Gasteiger partial charge in [-0.2, -0.15) is 0 Å². The van der Waals surface area contributed by atoms with E-state index >= 15 is 0 Å². The van der Waals surface area contributed by atoms with Gasteiger partial charge in [-0.3, -0.25) is 9.59 Å². The minimum atomic E-state index is -0.376. The van der Waals surface area contributed by atoms with Crippen LogP contribution in [0, 0.1) is 21.7 Å². The molecule has 5 rings (SSSR count). The summed E-state index contributed by atoms with van der Waals surface area (Å²) in [5.74, 6) is 2.56. The summed E-state index contributed by atoms with van der Waals surface area (Å²) in [6.45, 7) is 24.7. The number of allylic oxidation sites excluding steroid dienone is 10. The molecule has 0 aromatic carbocycles.